The molecule has 0 aromatic heterocycles. The highest BCUT2D eigenvalue weighted by Gasteiger charge is 2.76. The van der Waals surface area contributed by atoms with Gasteiger partial charge in [-0.15, -0.1) is 0 Å². The van der Waals surface area contributed by atoms with E-state index in [0.29, 0.717) is 36.3 Å². The van der Waals surface area contributed by atoms with Crippen LogP contribution in [0.15, 0.2) is 0 Å². The maximum Gasteiger partial charge on any atom is 0.281 e. The Hall–Kier alpha value is 0.254. The van der Waals surface area contributed by atoms with Crippen molar-refractivity contribution in [3.63, 3.8) is 0 Å². The molecule has 0 radical (unpaired) electrons. The highest BCUT2D eigenvalue weighted by atomic mass is 32.3. The molecule has 0 saturated heterocycles. The van der Waals surface area contributed by atoms with E-state index in [2.05, 4.69) is 0 Å². The first-order valence-electron chi connectivity index (χ1n) is 14.3. The zero-order chi connectivity index (χ0) is 27.2. The molecule has 10 heteroatoms. The standard InChI is InChI=1S/C25H56O6S2Si2/c1-7-13-19-34(20-14-8-2,21-15-9-3)25(32(26,27)28,33(29,30)31)35(22-16-10-4,23-17-11-5)24-18-12-6/h7-24H2,1-6H3,(H,26,27,28)(H,29,30,31). The Labute approximate surface area is 220 Å². The fourth-order valence-corrected chi connectivity index (χ4v) is 36.5. The number of rotatable bonds is 22. The summed E-state index contributed by atoms with van der Waals surface area (Å²) in [5.41, 5.74) is 0. The number of hydrogen-bond donors (Lipinski definition) is 2. The molecule has 0 bridgehead atoms. The molecule has 35 heavy (non-hydrogen) atoms. The molecule has 0 aromatic rings. The van der Waals surface area contributed by atoms with Crippen LogP contribution in [0.4, 0.5) is 0 Å². The average Bonchev–Trinajstić information content (AvgIpc) is 2.78. The third-order valence-electron chi connectivity index (χ3n) is 8.18. The molecule has 212 valence electrons. The van der Waals surface area contributed by atoms with E-state index in [4.69, 9.17) is 0 Å². The van der Waals surface area contributed by atoms with Gasteiger partial charge in [0.05, 0.1) is 0 Å². The van der Waals surface area contributed by atoms with Crippen molar-refractivity contribution in [3.8, 4) is 0 Å². The molecular formula is C25H56O6S2Si2. The molecule has 0 aliphatic carbocycles. The molecule has 0 amide bonds. The van der Waals surface area contributed by atoms with Crippen LogP contribution in [0.2, 0.25) is 36.3 Å². The van der Waals surface area contributed by atoms with Crippen molar-refractivity contribution < 1.29 is 25.9 Å². The van der Waals surface area contributed by atoms with Crippen LogP contribution in [0.1, 0.15) is 119 Å². The summed E-state index contributed by atoms with van der Waals surface area (Å²) in [6, 6.07) is 3.18. The lowest BCUT2D eigenvalue weighted by molar-refractivity contribution is 0.455. The molecule has 0 aliphatic heterocycles. The Balaban J connectivity index is 7.99. The maximum absolute atomic E-state index is 13.9. The Bertz CT molecular complexity index is 674. The van der Waals surface area contributed by atoms with Crippen LogP contribution >= 0.6 is 0 Å². The minimum absolute atomic E-state index is 0.530. The van der Waals surface area contributed by atoms with Crippen molar-refractivity contribution in [2.75, 3.05) is 0 Å². The summed E-state index contributed by atoms with van der Waals surface area (Å²) in [6.07, 6.45) is 9.33. The molecule has 2 N–H and O–H groups in total. The predicted molar refractivity (Wildman–Crippen MR) is 156 cm³/mol. The van der Waals surface area contributed by atoms with E-state index in [0.717, 1.165) is 77.0 Å². The first-order chi connectivity index (χ1) is 16.4. The summed E-state index contributed by atoms with van der Waals surface area (Å²) in [7, 11) is -16.8. The predicted octanol–water partition coefficient (Wildman–Crippen LogP) is 8.23. The van der Waals surface area contributed by atoms with Gasteiger partial charge in [0.15, 0.2) is 3.33 Å². The molecule has 0 saturated carbocycles. The van der Waals surface area contributed by atoms with Gasteiger partial charge in [-0.3, -0.25) is 9.11 Å². The molecule has 0 spiro atoms. The topological polar surface area (TPSA) is 109 Å². The molecule has 0 aliphatic rings. The third-order valence-corrected chi connectivity index (χ3v) is 33.0. The largest absolute Gasteiger partial charge is 0.285 e. The lowest BCUT2D eigenvalue weighted by Crippen LogP contribution is -2.79. The van der Waals surface area contributed by atoms with Crippen LogP contribution in [0.5, 0.6) is 0 Å². The monoisotopic (exact) mass is 572 g/mol. The Morgan fingerprint density at radius 2 is 0.629 bits per heavy atom. The fourth-order valence-electron chi connectivity index (χ4n) is 6.62. The number of hydrogen-bond acceptors (Lipinski definition) is 4. The zero-order valence-corrected chi connectivity index (χ0v) is 27.2. The molecule has 0 aromatic carbocycles. The second kappa shape index (κ2) is 16.3. The minimum atomic E-state index is -5.10. The van der Waals surface area contributed by atoms with E-state index in [1.165, 1.54) is 0 Å². The summed E-state index contributed by atoms with van der Waals surface area (Å²) in [6.45, 7) is 12.2. The Morgan fingerprint density at radius 3 is 0.743 bits per heavy atom. The van der Waals surface area contributed by atoms with Crippen molar-refractivity contribution >= 4 is 36.4 Å². The van der Waals surface area contributed by atoms with E-state index in [-0.39, 0.29) is 0 Å². The van der Waals surface area contributed by atoms with Crippen molar-refractivity contribution in [3.05, 3.63) is 0 Å². The smallest absolute Gasteiger partial charge is 0.281 e. The lowest BCUT2D eigenvalue weighted by atomic mass is 10.4. The zero-order valence-electron chi connectivity index (χ0n) is 23.6. The lowest BCUT2D eigenvalue weighted by Gasteiger charge is -2.55. The van der Waals surface area contributed by atoms with Gasteiger partial charge >= 0.3 is 0 Å². The van der Waals surface area contributed by atoms with Crippen LogP contribution < -0.4 is 0 Å². The summed E-state index contributed by atoms with van der Waals surface area (Å²) in [5, 5.41) is 0. The van der Waals surface area contributed by atoms with E-state index in [1.807, 2.05) is 41.5 Å². The van der Waals surface area contributed by atoms with Gasteiger partial charge in [-0.05, 0) is 0 Å². The van der Waals surface area contributed by atoms with Crippen molar-refractivity contribution in [2.24, 2.45) is 0 Å². The van der Waals surface area contributed by atoms with Gasteiger partial charge < -0.3 is 0 Å². The van der Waals surface area contributed by atoms with Crippen LogP contribution in [0.25, 0.3) is 0 Å². The molecule has 0 heterocycles. The van der Waals surface area contributed by atoms with Crippen LogP contribution in [0.3, 0.4) is 0 Å². The highest BCUT2D eigenvalue weighted by Crippen LogP contribution is 2.54. The van der Waals surface area contributed by atoms with E-state index < -0.39 is 39.7 Å². The van der Waals surface area contributed by atoms with Gasteiger partial charge in [0, 0.05) is 0 Å². The summed E-state index contributed by atoms with van der Waals surface area (Å²) >= 11 is 0. The Kier molecular flexibility index (Phi) is 16.4. The molecule has 0 rings (SSSR count). The van der Waals surface area contributed by atoms with Gasteiger partial charge in [0.25, 0.3) is 20.2 Å². The fraction of sp³-hybridized carbons (Fsp3) is 1.00. The van der Waals surface area contributed by atoms with E-state index in [9.17, 15) is 25.9 Å². The van der Waals surface area contributed by atoms with Crippen LogP contribution in [-0.2, 0) is 20.2 Å². The van der Waals surface area contributed by atoms with Crippen LogP contribution in [-0.4, -0.2) is 45.4 Å². The quantitative estimate of drug-likeness (QED) is 0.0998. The van der Waals surface area contributed by atoms with E-state index in [1.54, 1.807) is 0 Å². The molecule has 0 unspecified atom stereocenters. The summed E-state index contributed by atoms with van der Waals surface area (Å²) < 4.78 is 75.5. The van der Waals surface area contributed by atoms with Crippen molar-refractivity contribution in [1.29, 1.82) is 0 Å². The number of unbranched alkanes of at least 4 members (excludes halogenated alkanes) is 6. The van der Waals surface area contributed by atoms with Crippen LogP contribution in [0, 0.1) is 0 Å². The highest BCUT2D eigenvalue weighted by molar-refractivity contribution is 8.11. The van der Waals surface area contributed by atoms with Gasteiger partial charge in [0.1, 0.15) is 16.1 Å². The normalized spacial score (nSPS) is 13.9. The summed E-state index contributed by atoms with van der Waals surface area (Å²) in [5.74, 6) is 0. The van der Waals surface area contributed by atoms with Crippen molar-refractivity contribution in [2.45, 2.75) is 158 Å². The Morgan fingerprint density at radius 1 is 0.457 bits per heavy atom. The minimum Gasteiger partial charge on any atom is -0.285 e. The molecule has 0 atom stereocenters. The summed E-state index contributed by atoms with van der Waals surface area (Å²) in [4.78, 5) is 0. The second-order valence-electron chi connectivity index (χ2n) is 10.7. The van der Waals surface area contributed by atoms with Gasteiger partial charge in [0.2, 0.25) is 0 Å². The first kappa shape index (κ1) is 35.3. The van der Waals surface area contributed by atoms with Crippen molar-refractivity contribution in [1.82, 2.24) is 0 Å². The molecule has 6 nitrogen and oxygen atoms in total. The molecule has 0 fully saturated rings. The van der Waals surface area contributed by atoms with Gasteiger partial charge in [-0.2, -0.15) is 16.8 Å². The van der Waals surface area contributed by atoms with Gasteiger partial charge in [-0.1, -0.05) is 155 Å². The van der Waals surface area contributed by atoms with Gasteiger partial charge in [-0.25, -0.2) is 0 Å². The third kappa shape index (κ3) is 8.12. The average molecular weight is 573 g/mol. The second-order valence-corrected chi connectivity index (χ2v) is 25.7. The maximum atomic E-state index is 13.9. The van der Waals surface area contributed by atoms with E-state index >= 15 is 0 Å². The molecular weight excluding hydrogens is 517 g/mol. The SMILES string of the molecule is CCCC[Si](CCCC)(CCCC)C([Si](CCCC)(CCCC)CCCC)(S(=O)(=O)O)S(=O)(=O)O. The first-order valence-corrected chi connectivity index (χ1v) is 22.4.